The molecule has 9 nitrogen and oxygen atoms in total. The maximum Gasteiger partial charge on any atom is 0.186 e. The normalized spacial score (nSPS) is 52.1. The first kappa shape index (κ1) is 15.0. The minimum atomic E-state index is -1.55. The van der Waals surface area contributed by atoms with Gasteiger partial charge in [0.15, 0.2) is 12.6 Å². The van der Waals surface area contributed by atoms with E-state index >= 15 is 0 Å². The van der Waals surface area contributed by atoms with Gasteiger partial charge in [0.1, 0.15) is 36.6 Å². The minimum Gasteiger partial charge on any atom is -0.388 e. The first-order chi connectivity index (χ1) is 8.91. The number of aliphatic hydroxyl groups is 6. The van der Waals surface area contributed by atoms with Gasteiger partial charge in [0, 0.05) is 0 Å². The third-order valence-electron chi connectivity index (χ3n) is 3.22. The third kappa shape index (κ3) is 3.05. The van der Waals surface area contributed by atoms with Crippen LogP contribution in [0.1, 0.15) is 0 Å². The summed E-state index contributed by atoms with van der Waals surface area (Å²) < 4.78 is 15.0. The number of aliphatic hydroxyl groups excluding tert-OH is 6. The van der Waals surface area contributed by atoms with Gasteiger partial charge < -0.3 is 44.8 Å². The molecule has 19 heavy (non-hydrogen) atoms. The van der Waals surface area contributed by atoms with E-state index in [0.717, 1.165) is 0 Å². The molecule has 8 atom stereocenters. The van der Waals surface area contributed by atoms with Crippen LogP contribution in [0.15, 0.2) is 0 Å². The van der Waals surface area contributed by atoms with Crippen molar-refractivity contribution in [1.82, 2.24) is 0 Å². The molecule has 2 aliphatic heterocycles. The Labute approximate surface area is 108 Å². The highest BCUT2D eigenvalue weighted by Crippen LogP contribution is 2.22. The van der Waals surface area contributed by atoms with E-state index in [1.54, 1.807) is 0 Å². The molecule has 9 heteroatoms. The van der Waals surface area contributed by atoms with Gasteiger partial charge in [0.05, 0.1) is 13.2 Å². The molecule has 2 saturated heterocycles. The van der Waals surface area contributed by atoms with E-state index in [1.807, 2.05) is 0 Å². The second kappa shape index (κ2) is 5.95. The standard InChI is InChI=1S/C10H18O9/c11-3-1-18-10(8(15)5(3)12)19-4-2-17-9(16)7(14)6(4)13/h3-16H,1-2H2/t3-,4-,5+,6+,7?,8?,9-,10+/m1/s1. The predicted molar refractivity (Wildman–Crippen MR) is 56.6 cm³/mol. The van der Waals surface area contributed by atoms with Crippen molar-refractivity contribution in [3.8, 4) is 0 Å². The van der Waals surface area contributed by atoms with E-state index in [4.69, 9.17) is 19.3 Å². The molecular formula is C10H18O9. The van der Waals surface area contributed by atoms with Gasteiger partial charge in [-0.3, -0.25) is 0 Å². The highest BCUT2D eigenvalue weighted by Gasteiger charge is 2.44. The van der Waals surface area contributed by atoms with Crippen molar-refractivity contribution in [2.45, 2.75) is 49.2 Å². The quantitative estimate of drug-likeness (QED) is 0.297. The van der Waals surface area contributed by atoms with Crippen LogP contribution < -0.4 is 0 Å². The Balaban J connectivity index is 1.94. The molecule has 0 amide bonds. The van der Waals surface area contributed by atoms with Gasteiger partial charge in [-0.15, -0.1) is 0 Å². The molecule has 0 saturated carbocycles. The molecule has 6 N–H and O–H groups in total. The number of rotatable bonds is 2. The van der Waals surface area contributed by atoms with Gasteiger partial charge in [-0.25, -0.2) is 0 Å². The van der Waals surface area contributed by atoms with Crippen LogP contribution in [0.4, 0.5) is 0 Å². The Morgan fingerprint density at radius 3 is 2.11 bits per heavy atom. The molecule has 0 spiro atoms. The molecule has 0 bridgehead atoms. The van der Waals surface area contributed by atoms with Gasteiger partial charge in [0.25, 0.3) is 0 Å². The molecule has 0 aromatic carbocycles. The van der Waals surface area contributed by atoms with Gasteiger partial charge in [-0.1, -0.05) is 0 Å². The molecule has 2 rings (SSSR count). The highest BCUT2D eigenvalue weighted by molar-refractivity contribution is 4.87. The SMILES string of the molecule is OC1[C@H](O[C@@H]2CO[C@@H](O)C(O)[C@H]2O)OC[C@@H](O)[C@@H]1O. The van der Waals surface area contributed by atoms with E-state index in [-0.39, 0.29) is 13.2 Å². The fourth-order valence-electron chi connectivity index (χ4n) is 1.97. The zero-order chi connectivity index (χ0) is 14.2. The predicted octanol–water partition coefficient (Wildman–Crippen LogP) is -4.12. The monoisotopic (exact) mass is 282 g/mol. The maximum absolute atomic E-state index is 9.68. The molecule has 2 heterocycles. The summed E-state index contributed by atoms with van der Waals surface area (Å²) in [6.45, 7) is -0.456. The van der Waals surface area contributed by atoms with Crippen LogP contribution >= 0.6 is 0 Å². The van der Waals surface area contributed by atoms with Crippen molar-refractivity contribution in [3.05, 3.63) is 0 Å². The van der Waals surface area contributed by atoms with E-state index in [2.05, 4.69) is 0 Å². The fourth-order valence-corrected chi connectivity index (χ4v) is 1.97. The van der Waals surface area contributed by atoms with Crippen LogP contribution in [0.2, 0.25) is 0 Å². The molecule has 2 unspecified atom stereocenters. The van der Waals surface area contributed by atoms with E-state index < -0.39 is 49.2 Å². The van der Waals surface area contributed by atoms with Crippen LogP contribution in [0.25, 0.3) is 0 Å². The Morgan fingerprint density at radius 1 is 0.737 bits per heavy atom. The number of hydrogen-bond acceptors (Lipinski definition) is 9. The molecule has 2 aliphatic rings. The minimum absolute atomic E-state index is 0.218. The molecule has 112 valence electrons. The summed E-state index contributed by atoms with van der Waals surface area (Å²) in [4.78, 5) is 0. The topological polar surface area (TPSA) is 149 Å². The summed E-state index contributed by atoms with van der Waals surface area (Å²) in [5.41, 5.74) is 0. The Morgan fingerprint density at radius 2 is 1.42 bits per heavy atom. The molecular weight excluding hydrogens is 264 g/mol. The van der Waals surface area contributed by atoms with Crippen LogP contribution in [0.5, 0.6) is 0 Å². The molecule has 0 aliphatic carbocycles. The van der Waals surface area contributed by atoms with Crippen molar-refractivity contribution < 1.29 is 44.8 Å². The molecule has 0 aromatic heterocycles. The highest BCUT2D eigenvalue weighted by atomic mass is 16.7. The Hall–Kier alpha value is -0.360. The lowest BCUT2D eigenvalue weighted by atomic mass is 10.0. The largest absolute Gasteiger partial charge is 0.388 e. The van der Waals surface area contributed by atoms with Crippen molar-refractivity contribution >= 4 is 0 Å². The van der Waals surface area contributed by atoms with Crippen molar-refractivity contribution in [2.75, 3.05) is 13.2 Å². The summed E-state index contributed by atoms with van der Waals surface area (Å²) in [5, 5.41) is 56.6. The average Bonchev–Trinajstić information content (AvgIpc) is 2.39. The first-order valence-electron chi connectivity index (χ1n) is 5.89. The van der Waals surface area contributed by atoms with Crippen LogP contribution in [0, 0.1) is 0 Å². The van der Waals surface area contributed by atoms with Gasteiger partial charge in [0.2, 0.25) is 0 Å². The number of hydrogen-bond donors (Lipinski definition) is 6. The molecule has 2 fully saturated rings. The Bertz CT molecular complexity index is 273. The van der Waals surface area contributed by atoms with Crippen LogP contribution in [-0.2, 0) is 14.2 Å². The zero-order valence-corrected chi connectivity index (χ0v) is 9.94. The van der Waals surface area contributed by atoms with Gasteiger partial charge in [-0.05, 0) is 0 Å². The van der Waals surface area contributed by atoms with E-state index in [0.29, 0.717) is 0 Å². The summed E-state index contributed by atoms with van der Waals surface area (Å²) in [5.74, 6) is 0. The summed E-state index contributed by atoms with van der Waals surface area (Å²) in [6.07, 6.45) is -11.0. The lowest BCUT2D eigenvalue weighted by Crippen LogP contribution is -2.59. The lowest BCUT2D eigenvalue weighted by molar-refractivity contribution is -0.323. The number of ether oxygens (including phenoxy) is 3. The first-order valence-corrected chi connectivity index (χ1v) is 5.89. The van der Waals surface area contributed by atoms with Gasteiger partial charge in [-0.2, -0.15) is 0 Å². The van der Waals surface area contributed by atoms with Crippen molar-refractivity contribution in [2.24, 2.45) is 0 Å². The van der Waals surface area contributed by atoms with Gasteiger partial charge >= 0.3 is 0 Å². The average molecular weight is 282 g/mol. The third-order valence-corrected chi connectivity index (χ3v) is 3.22. The zero-order valence-electron chi connectivity index (χ0n) is 9.94. The Kier molecular flexibility index (Phi) is 4.71. The van der Waals surface area contributed by atoms with E-state index in [9.17, 15) is 25.5 Å². The van der Waals surface area contributed by atoms with Crippen LogP contribution in [-0.4, -0.2) is 93.1 Å². The van der Waals surface area contributed by atoms with E-state index in [1.165, 1.54) is 0 Å². The maximum atomic E-state index is 9.68. The van der Waals surface area contributed by atoms with Crippen molar-refractivity contribution in [3.63, 3.8) is 0 Å². The smallest absolute Gasteiger partial charge is 0.186 e. The summed E-state index contributed by atoms with van der Waals surface area (Å²) in [6, 6.07) is 0. The summed E-state index contributed by atoms with van der Waals surface area (Å²) in [7, 11) is 0. The molecule has 0 aromatic rings. The second-order valence-corrected chi connectivity index (χ2v) is 4.63. The van der Waals surface area contributed by atoms with Crippen LogP contribution in [0.3, 0.4) is 0 Å². The fraction of sp³-hybridized carbons (Fsp3) is 1.00. The van der Waals surface area contributed by atoms with Crippen molar-refractivity contribution in [1.29, 1.82) is 0 Å². The molecule has 0 radical (unpaired) electrons. The second-order valence-electron chi connectivity index (χ2n) is 4.63. The lowest BCUT2D eigenvalue weighted by Gasteiger charge is -2.40. The summed E-state index contributed by atoms with van der Waals surface area (Å²) >= 11 is 0.